The summed E-state index contributed by atoms with van der Waals surface area (Å²) >= 11 is 0. The SMILES string of the molecule is COc1cccc(-n2nc(C#N)cc2-c2cccnc2)c1. The highest BCUT2D eigenvalue weighted by molar-refractivity contribution is 5.62. The van der Waals surface area contributed by atoms with Gasteiger partial charge in [0.1, 0.15) is 11.8 Å². The second-order valence-electron chi connectivity index (χ2n) is 4.38. The Bertz CT molecular complexity index is 803. The number of hydrogen-bond acceptors (Lipinski definition) is 4. The molecule has 0 atom stereocenters. The van der Waals surface area contributed by atoms with Gasteiger partial charge in [0.15, 0.2) is 5.69 Å². The van der Waals surface area contributed by atoms with Crippen molar-refractivity contribution in [3.05, 3.63) is 60.6 Å². The van der Waals surface area contributed by atoms with Gasteiger partial charge in [0.2, 0.25) is 0 Å². The molecule has 0 aliphatic rings. The lowest BCUT2D eigenvalue weighted by atomic mass is 10.2. The van der Waals surface area contributed by atoms with Crippen molar-refractivity contribution < 1.29 is 4.74 Å². The van der Waals surface area contributed by atoms with Crippen LogP contribution < -0.4 is 4.74 Å². The molecule has 3 aromatic rings. The summed E-state index contributed by atoms with van der Waals surface area (Å²) in [5.74, 6) is 0.735. The van der Waals surface area contributed by atoms with Crippen molar-refractivity contribution >= 4 is 0 Å². The van der Waals surface area contributed by atoms with Crippen LogP contribution in [0.3, 0.4) is 0 Å². The Morgan fingerprint density at radius 2 is 2.10 bits per heavy atom. The van der Waals surface area contributed by atoms with Gasteiger partial charge in [-0.1, -0.05) is 6.07 Å². The number of aromatic nitrogens is 3. The van der Waals surface area contributed by atoms with Crippen LogP contribution in [0, 0.1) is 11.3 Å². The van der Waals surface area contributed by atoms with Gasteiger partial charge in [0.05, 0.1) is 18.5 Å². The van der Waals surface area contributed by atoms with Gasteiger partial charge in [-0.25, -0.2) is 4.68 Å². The predicted molar refractivity (Wildman–Crippen MR) is 78.1 cm³/mol. The van der Waals surface area contributed by atoms with Crippen molar-refractivity contribution in [3.8, 4) is 28.8 Å². The standard InChI is InChI=1S/C16H12N4O/c1-21-15-6-2-5-14(9-15)20-16(8-13(10-17)19-20)12-4-3-7-18-11-12/h2-9,11H,1H3. The third kappa shape index (κ3) is 2.47. The van der Waals surface area contributed by atoms with E-state index in [0.29, 0.717) is 5.69 Å². The van der Waals surface area contributed by atoms with Crippen LogP contribution in [0.25, 0.3) is 16.9 Å². The molecular weight excluding hydrogens is 264 g/mol. The van der Waals surface area contributed by atoms with Gasteiger partial charge in [-0.05, 0) is 24.3 Å². The molecule has 1 aromatic carbocycles. The number of rotatable bonds is 3. The molecule has 0 saturated heterocycles. The fourth-order valence-corrected chi connectivity index (χ4v) is 2.09. The lowest BCUT2D eigenvalue weighted by Crippen LogP contribution is -2.00. The molecule has 2 heterocycles. The van der Waals surface area contributed by atoms with Crippen molar-refractivity contribution in [3.63, 3.8) is 0 Å². The van der Waals surface area contributed by atoms with E-state index in [2.05, 4.69) is 16.2 Å². The normalized spacial score (nSPS) is 10.1. The lowest BCUT2D eigenvalue weighted by Gasteiger charge is -2.08. The van der Waals surface area contributed by atoms with Gasteiger partial charge < -0.3 is 4.74 Å². The third-order valence-corrected chi connectivity index (χ3v) is 3.08. The quantitative estimate of drug-likeness (QED) is 0.738. The van der Waals surface area contributed by atoms with Gasteiger partial charge in [0, 0.05) is 30.1 Å². The minimum Gasteiger partial charge on any atom is -0.497 e. The van der Waals surface area contributed by atoms with Crippen LogP contribution in [0.5, 0.6) is 5.75 Å². The Balaban J connectivity index is 2.18. The fourth-order valence-electron chi connectivity index (χ4n) is 2.09. The minimum absolute atomic E-state index is 0.358. The monoisotopic (exact) mass is 276 g/mol. The Kier molecular flexibility index (Phi) is 3.36. The summed E-state index contributed by atoms with van der Waals surface area (Å²) in [6.07, 6.45) is 3.45. The maximum atomic E-state index is 9.10. The second kappa shape index (κ2) is 5.47. The molecule has 5 nitrogen and oxygen atoms in total. The van der Waals surface area contributed by atoms with E-state index in [4.69, 9.17) is 10.00 Å². The highest BCUT2D eigenvalue weighted by atomic mass is 16.5. The number of nitrogens with zero attached hydrogens (tertiary/aromatic N) is 4. The summed E-state index contributed by atoms with van der Waals surface area (Å²) in [5.41, 5.74) is 2.90. The molecular formula is C16H12N4O. The van der Waals surface area contributed by atoms with Crippen LogP contribution in [0.1, 0.15) is 5.69 Å². The number of ether oxygens (including phenoxy) is 1. The zero-order valence-electron chi connectivity index (χ0n) is 11.4. The van der Waals surface area contributed by atoms with Crippen LogP contribution in [-0.2, 0) is 0 Å². The maximum absolute atomic E-state index is 9.10. The Morgan fingerprint density at radius 3 is 2.81 bits per heavy atom. The van der Waals surface area contributed by atoms with E-state index < -0.39 is 0 Å². The van der Waals surface area contributed by atoms with E-state index in [1.54, 1.807) is 30.3 Å². The number of pyridine rings is 1. The molecule has 3 rings (SSSR count). The lowest BCUT2D eigenvalue weighted by molar-refractivity contribution is 0.414. The van der Waals surface area contributed by atoms with Crippen LogP contribution >= 0.6 is 0 Å². The first-order chi connectivity index (χ1) is 10.3. The largest absolute Gasteiger partial charge is 0.497 e. The van der Waals surface area contributed by atoms with E-state index in [0.717, 1.165) is 22.7 Å². The molecule has 0 aliphatic carbocycles. The summed E-state index contributed by atoms with van der Waals surface area (Å²) in [4.78, 5) is 4.12. The average Bonchev–Trinajstić information content (AvgIpc) is 3.00. The highest BCUT2D eigenvalue weighted by Gasteiger charge is 2.12. The number of methoxy groups -OCH3 is 1. The smallest absolute Gasteiger partial charge is 0.163 e. The first-order valence-electron chi connectivity index (χ1n) is 6.37. The average molecular weight is 276 g/mol. The molecule has 5 heteroatoms. The van der Waals surface area contributed by atoms with Crippen LogP contribution in [-0.4, -0.2) is 21.9 Å². The van der Waals surface area contributed by atoms with Crippen molar-refractivity contribution in [2.75, 3.05) is 7.11 Å². The van der Waals surface area contributed by atoms with Gasteiger partial charge in [-0.15, -0.1) is 0 Å². The molecule has 0 amide bonds. The molecule has 2 aromatic heterocycles. The summed E-state index contributed by atoms with van der Waals surface area (Å²) in [5, 5.41) is 13.4. The molecule has 0 radical (unpaired) electrons. The fraction of sp³-hybridized carbons (Fsp3) is 0.0625. The van der Waals surface area contributed by atoms with Crippen molar-refractivity contribution in [2.45, 2.75) is 0 Å². The highest BCUT2D eigenvalue weighted by Crippen LogP contribution is 2.25. The second-order valence-corrected chi connectivity index (χ2v) is 4.38. The number of nitriles is 1. The van der Waals surface area contributed by atoms with Gasteiger partial charge >= 0.3 is 0 Å². The zero-order chi connectivity index (χ0) is 14.7. The number of benzene rings is 1. The van der Waals surface area contributed by atoms with E-state index in [1.807, 2.05) is 36.4 Å². The number of hydrogen-bond donors (Lipinski definition) is 0. The van der Waals surface area contributed by atoms with Gasteiger partial charge in [-0.3, -0.25) is 4.98 Å². The Hall–Kier alpha value is -3.13. The molecule has 21 heavy (non-hydrogen) atoms. The molecule has 0 saturated carbocycles. The summed E-state index contributed by atoms with van der Waals surface area (Å²) < 4.78 is 6.96. The summed E-state index contributed by atoms with van der Waals surface area (Å²) in [7, 11) is 1.62. The topological polar surface area (TPSA) is 63.7 Å². The van der Waals surface area contributed by atoms with E-state index >= 15 is 0 Å². The Morgan fingerprint density at radius 1 is 1.19 bits per heavy atom. The molecule has 0 unspecified atom stereocenters. The molecule has 0 fully saturated rings. The molecule has 0 N–H and O–H groups in total. The summed E-state index contributed by atoms with van der Waals surface area (Å²) in [6.45, 7) is 0. The first-order valence-corrected chi connectivity index (χ1v) is 6.37. The third-order valence-electron chi connectivity index (χ3n) is 3.08. The molecule has 0 spiro atoms. The van der Waals surface area contributed by atoms with E-state index in [9.17, 15) is 0 Å². The van der Waals surface area contributed by atoms with Crippen molar-refractivity contribution in [1.29, 1.82) is 5.26 Å². The molecule has 0 aliphatic heterocycles. The van der Waals surface area contributed by atoms with Gasteiger partial charge in [0.25, 0.3) is 0 Å². The van der Waals surface area contributed by atoms with E-state index in [-0.39, 0.29) is 0 Å². The van der Waals surface area contributed by atoms with Gasteiger partial charge in [-0.2, -0.15) is 10.4 Å². The van der Waals surface area contributed by atoms with Crippen molar-refractivity contribution in [1.82, 2.24) is 14.8 Å². The Labute approximate surface area is 122 Å². The molecule has 0 bridgehead atoms. The zero-order valence-corrected chi connectivity index (χ0v) is 11.4. The maximum Gasteiger partial charge on any atom is 0.163 e. The first kappa shape index (κ1) is 12.9. The van der Waals surface area contributed by atoms with Crippen LogP contribution in [0.2, 0.25) is 0 Å². The van der Waals surface area contributed by atoms with Crippen molar-refractivity contribution in [2.24, 2.45) is 0 Å². The molecule has 102 valence electrons. The van der Waals surface area contributed by atoms with Crippen LogP contribution in [0.15, 0.2) is 54.9 Å². The van der Waals surface area contributed by atoms with Crippen LogP contribution in [0.4, 0.5) is 0 Å². The summed E-state index contributed by atoms with van der Waals surface area (Å²) in [6, 6.07) is 15.1. The minimum atomic E-state index is 0.358. The predicted octanol–water partition coefficient (Wildman–Crippen LogP) is 2.81. The van der Waals surface area contributed by atoms with E-state index in [1.165, 1.54) is 0 Å².